The van der Waals surface area contributed by atoms with Crippen molar-refractivity contribution in [3.8, 4) is 0 Å². The number of H-pyrrole nitrogens is 1. The topological polar surface area (TPSA) is 92.3 Å². The maximum absolute atomic E-state index is 11.8. The highest BCUT2D eigenvalue weighted by molar-refractivity contribution is 5.66. The van der Waals surface area contributed by atoms with E-state index in [-0.39, 0.29) is 18.4 Å². The van der Waals surface area contributed by atoms with Crippen LogP contribution in [-0.2, 0) is 28.8 Å². The molecule has 0 fully saturated rings. The molecule has 2 heterocycles. The fraction of sp³-hybridized carbons (Fsp3) is 0.545. The van der Waals surface area contributed by atoms with E-state index < -0.39 is 5.97 Å². The molecule has 0 unspecified atom stereocenters. The van der Waals surface area contributed by atoms with Crippen LogP contribution in [0.3, 0.4) is 0 Å². The number of nitrogens with zero attached hydrogens (tertiary/aromatic N) is 1. The number of aromatic amines is 1. The highest BCUT2D eigenvalue weighted by atomic mass is 16.5. The standard InChI is InChI=1S/C11H14N2O4/c14-10(15)2-1-9-12-8-4-6-17-5-3-7(8)11(16)13-9/h1-6H2,(H,14,15)(H,12,13,16). The summed E-state index contributed by atoms with van der Waals surface area (Å²) < 4.78 is 5.28. The Balaban J connectivity index is 2.26. The molecule has 2 N–H and O–H groups in total. The molecule has 0 amide bonds. The maximum atomic E-state index is 11.8. The first-order valence-electron chi connectivity index (χ1n) is 5.57. The molecule has 0 saturated carbocycles. The number of aliphatic carboxylic acids is 1. The number of ether oxygens (including phenoxy) is 1. The molecule has 0 aliphatic carbocycles. The van der Waals surface area contributed by atoms with E-state index in [4.69, 9.17) is 9.84 Å². The van der Waals surface area contributed by atoms with Crippen molar-refractivity contribution in [2.75, 3.05) is 13.2 Å². The molecule has 0 atom stereocenters. The Morgan fingerprint density at radius 1 is 1.41 bits per heavy atom. The van der Waals surface area contributed by atoms with Crippen LogP contribution in [0.5, 0.6) is 0 Å². The third-order valence-electron chi connectivity index (χ3n) is 2.71. The lowest BCUT2D eigenvalue weighted by molar-refractivity contribution is -0.137. The molecule has 6 heteroatoms. The van der Waals surface area contributed by atoms with Crippen molar-refractivity contribution in [3.05, 3.63) is 27.4 Å². The van der Waals surface area contributed by atoms with Gasteiger partial charge in [0, 0.05) is 24.8 Å². The molecule has 1 aliphatic rings. The summed E-state index contributed by atoms with van der Waals surface area (Å²) in [6.45, 7) is 1.09. The number of nitrogens with one attached hydrogen (secondary N) is 1. The summed E-state index contributed by atoms with van der Waals surface area (Å²) in [7, 11) is 0. The van der Waals surface area contributed by atoms with E-state index in [0.29, 0.717) is 37.4 Å². The number of carboxylic acid groups (broad SMARTS) is 1. The molecule has 17 heavy (non-hydrogen) atoms. The molecule has 0 saturated heterocycles. The summed E-state index contributed by atoms with van der Waals surface area (Å²) in [5.74, 6) is -0.455. The summed E-state index contributed by atoms with van der Waals surface area (Å²) in [5.41, 5.74) is 1.24. The Morgan fingerprint density at radius 2 is 2.18 bits per heavy atom. The molecule has 6 nitrogen and oxygen atoms in total. The maximum Gasteiger partial charge on any atom is 0.303 e. The van der Waals surface area contributed by atoms with E-state index >= 15 is 0 Å². The molecular formula is C11H14N2O4. The van der Waals surface area contributed by atoms with E-state index in [1.165, 1.54) is 0 Å². The smallest absolute Gasteiger partial charge is 0.303 e. The van der Waals surface area contributed by atoms with Gasteiger partial charge in [0.05, 0.1) is 25.3 Å². The third kappa shape index (κ3) is 2.91. The van der Waals surface area contributed by atoms with E-state index in [0.717, 1.165) is 5.69 Å². The van der Waals surface area contributed by atoms with Crippen LogP contribution in [0, 0.1) is 0 Å². The minimum atomic E-state index is -0.897. The zero-order chi connectivity index (χ0) is 12.3. The van der Waals surface area contributed by atoms with Crippen molar-refractivity contribution in [1.82, 2.24) is 9.97 Å². The zero-order valence-electron chi connectivity index (χ0n) is 9.36. The van der Waals surface area contributed by atoms with Crippen molar-refractivity contribution in [1.29, 1.82) is 0 Å². The van der Waals surface area contributed by atoms with Crippen LogP contribution in [0.4, 0.5) is 0 Å². The molecule has 0 aromatic carbocycles. The number of hydrogen-bond donors (Lipinski definition) is 2. The Hall–Kier alpha value is -1.69. The molecule has 0 spiro atoms. The zero-order valence-corrected chi connectivity index (χ0v) is 9.36. The number of hydrogen-bond acceptors (Lipinski definition) is 4. The summed E-state index contributed by atoms with van der Waals surface area (Å²) in [6.07, 6.45) is 1.40. The molecule has 2 rings (SSSR count). The van der Waals surface area contributed by atoms with Gasteiger partial charge in [0.2, 0.25) is 0 Å². The highest BCUT2D eigenvalue weighted by Crippen LogP contribution is 2.08. The SMILES string of the molecule is O=C(O)CCc1nc2c(c(=O)[nH]1)CCOCC2. The van der Waals surface area contributed by atoms with Crippen LogP contribution < -0.4 is 5.56 Å². The number of aryl methyl sites for hydroxylation is 1. The average molecular weight is 238 g/mol. The summed E-state index contributed by atoms with van der Waals surface area (Å²) in [6, 6.07) is 0. The Labute approximate surface area is 97.7 Å². The molecule has 0 bridgehead atoms. The van der Waals surface area contributed by atoms with Gasteiger partial charge < -0.3 is 14.8 Å². The first-order chi connectivity index (χ1) is 8.16. The lowest BCUT2D eigenvalue weighted by atomic mass is 10.1. The minimum Gasteiger partial charge on any atom is -0.481 e. The van der Waals surface area contributed by atoms with Crippen LogP contribution in [0.25, 0.3) is 0 Å². The van der Waals surface area contributed by atoms with Crippen molar-refractivity contribution >= 4 is 5.97 Å². The second-order valence-electron chi connectivity index (χ2n) is 3.94. The van der Waals surface area contributed by atoms with Crippen LogP contribution >= 0.6 is 0 Å². The van der Waals surface area contributed by atoms with Crippen molar-refractivity contribution in [3.63, 3.8) is 0 Å². The minimum absolute atomic E-state index is 0.0295. The lowest BCUT2D eigenvalue weighted by Crippen LogP contribution is -2.20. The fourth-order valence-electron chi connectivity index (χ4n) is 1.85. The van der Waals surface area contributed by atoms with E-state index in [1.807, 2.05) is 0 Å². The van der Waals surface area contributed by atoms with Crippen molar-refractivity contribution < 1.29 is 14.6 Å². The normalized spacial score (nSPS) is 15.1. The third-order valence-corrected chi connectivity index (χ3v) is 2.71. The molecule has 1 aliphatic heterocycles. The fourth-order valence-corrected chi connectivity index (χ4v) is 1.85. The Kier molecular flexibility index (Phi) is 3.53. The summed E-state index contributed by atoms with van der Waals surface area (Å²) >= 11 is 0. The van der Waals surface area contributed by atoms with E-state index in [2.05, 4.69) is 9.97 Å². The van der Waals surface area contributed by atoms with Crippen LogP contribution in [0.15, 0.2) is 4.79 Å². The van der Waals surface area contributed by atoms with Gasteiger partial charge in [0.15, 0.2) is 0 Å². The van der Waals surface area contributed by atoms with Gasteiger partial charge in [-0.3, -0.25) is 9.59 Å². The highest BCUT2D eigenvalue weighted by Gasteiger charge is 2.14. The van der Waals surface area contributed by atoms with Crippen LogP contribution in [0.2, 0.25) is 0 Å². The van der Waals surface area contributed by atoms with Crippen molar-refractivity contribution in [2.24, 2.45) is 0 Å². The number of aromatic nitrogens is 2. The Morgan fingerprint density at radius 3 is 2.94 bits per heavy atom. The number of fused-ring (bicyclic) bond motifs is 1. The number of carboxylic acids is 1. The second kappa shape index (κ2) is 5.09. The average Bonchev–Trinajstić information content (AvgIpc) is 2.51. The van der Waals surface area contributed by atoms with Gasteiger partial charge in [0.1, 0.15) is 5.82 Å². The quantitative estimate of drug-likeness (QED) is 0.767. The molecule has 1 aromatic rings. The second-order valence-corrected chi connectivity index (χ2v) is 3.94. The largest absolute Gasteiger partial charge is 0.481 e. The van der Waals surface area contributed by atoms with Gasteiger partial charge in [0.25, 0.3) is 5.56 Å². The van der Waals surface area contributed by atoms with Gasteiger partial charge in [-0.1, -0.05) is 0 Å². The summed E-state index contributed by atoms with van der Waals surface area (Å²) in [4.78, 5) is 29.2. The monoisotopic (exact) mass is 238 g/mol. The lowest BCUT2D eigenvalue weighted by Gasteiger charge is -2.05. The van der Waals surface area contributed by atoms with Gasteiger partial charge in [-0.2, -0.15) is 0 Å². The number of rotatable bonds is 3. The van der Waals surface area contributed by atoms with E-state index in [9.17, 15) is 9.59 Å². The Bertz CT molecular complexity index is 481. The molecule has 0 radical (unpaired) electrons. The van der Waals surface area contributed by atoms with E-state index in [1.54, 1.807) is 0 Å². The molecule has 92 valence electrons. The van der Waals surface area contributed by atoms with Crippen LogP contribution in [-0.4, -0.2) is 34.3 Å². The molecular weight excluding hydrogens is 224 g/mol. The number of carbonyl (C=O) groups is 1. The first kappa shape index (κ1) is 11.8. The first-order valence-corrected chi connectivity index (χ1v) is 5.57. The van der Waals surface area contributed by atoms with Gasteiger partial charge in [-0.25, -0.2) is 4.98 Å². The predicted molar refractivity (Wildman–Crippen MR) is 59.0 cm³/mol. The van der Waals surface area contributed by atoms with Crippen LogP contribution in [0.1, 0.15) is 23.5 Å². The van der Waals surface area contributed by atoms with Gasteiger partial charge >= 0.3 is 5.97 Å². The molecule has 1 aromatic heterocycles. The summed E-state index contributed by atoms with van der Waals surface area (Å²) in [5, 5.41) is 8.59. The van der Waals surface area contributed by atoms with Crippen molar-refractivity contribution in [2.45, 2.75) is 25.7 Å². The van der Waals surface area contributed by atoms with Gasteiger partial charge in [-0.15, -0.1) is 0 Å². The predicted octanol–water partition coefficient (Wildman–Crippen LogP) is -0.0977. The van der Waals surface area contributed by atoms with Gasteiger partial charge in [-0.05, 0) is 0 Å².